The van der Waals surface area contributed by atoms with Crippen molar-refractivity contribution < 1.29 is 13.9 Å². The van der Waals surface area contributed by atoms with Crippen molar-refractivity contribution in [1.29, 1.82) is 0 Å². The summed E-state index contributed by atoms with van der Waals surface area (Å²) in [5, 5.41) is 11.2. The molecule has 0 aliphatic carbocycles. The maximum Gasteiger partial charge on any atom is 0.230 e. The van der Waals surface area contributed by atoms with E-state index in [9.17, 15) is 4.79 Å². The summed E-state index contributed by atoms with van der Waals surface area (Å²) in [5.74, 6) is 2.75. The van der Waals surface area contributed by atoms with E-state index < -0.39 is 0 Å². The second kappa shape index (κ2) is 9.68. The molecule has 1 fully saturated rings. The van der Waals surface area contributed by atoms with E-state index in [0.29, 0.717) is 30.7 Å². The van der Waals surface area contributed by atoms with Crippen LogP contribution in [0.1, 0.15) is 50.0 Å². The molecule has 1 aliphatic rings. The lowest BCUT2D eigenvalue weighted by Crippen LogP contribution is -2.35. The summed E-state index contributed by atoms with van der Waals surface area (Å²) < 4.78 is 10.8. The third-order valence-corrected chi connectivity index (χ3v) is 5.26. The number of anilines is 1. The number of ether oxygens (including phenoxy) is 1. The van der Waals surface area contributed by atoms with Crippen molar-refractivity contribution in [2.45, 2.75) is 52.5 Å². The average molecular weight is 386 g/mol. The number of carbonyl (C=O) groups is 1. The van der Waals surface area contributed by atoms with Crippen molar-refractivity contribution in [3.05, 3.63) is 35.5 Å². The Kier molecular flexibility index (Phi) is 7.03. The fourth-order valence-corrected chi connectivity index (χ4v) is 3.67. The molecule has 152 valence electrons. The van der Waals surface area contributed by atoms with E-state index in [0.717, 1.165) is 55.8 Å². The lowest BCUT2D eigenvalue weighted by atomic mass is 9.93. The Hall–Kier alpha value is -2.41. The third kappa shape index (κ3) is 5.55. The Bertz CT molecular complexity index is 790. The van der Waals surface area contributed by atoms with E-state index in [1.54, 1.807) is 7.11 Å². The van der Waals surface area contributed by atoms with Crippen molar-refractivity contribution >= 4 is 11.6 Å². The minimum absolute atomic E-state index is 0.0647. The van der Waals surface area contributed by atoms with E-state index in [1.165, 1.54) is 0 Å². The molecule has 2 heterocycles. The molecule has 2 aromatic rings. The average Bonchev–Trinajstić information content (AvgIpc) is 3.16. The molecule has 1 saturated heterocycles. The highest BCUT2D eigenvalue weighted by atomic mass is 16.5. The van der Waals surface area contributed by atoms with Crippen molar-refractivity contribution in [3.8, 4) is 5.75 Å². The SMILES string of the molecule is CCc1nnc(CN2CCC[C@H](CCC(=O)Nc3ccc(OC)cc3C)C2)o1. The summed E-state index contributed by atoms with van der Waals surface area (Å²) in [6, 6.07) is 5.68. The first kappa shape index (κ1) is 20.3. The molecule has 7 nitrogen and oxygen atoms in total. The van der Waals surface area contributed by atoms with Crippen molar-refractivity contribution in [3.63, 3.8) is 0 Å². The number of aromatic nitrogens is 2. The monoisotopic (exact) mass is 386 g/mol. The number of nitrogens with one attached hydrogen (secondary N) is 1. The Morgan fingerprint density at radius 1 is 1.36 bits per heavy atom. The second-order valence-electron chi connectivity index (χ2n) is 7.45. The number of carbonyl (C=O) groups excluding carboxylic acids is 1. The number of aryl methyl sites for hydroxylation is 2. The normalized spacial score (nSPS) is 17.5. The standard InChI is InChI=1S/C21H30N4O3/c1-4-20-23-24-21(28-20)14-25-11-5-6-16(13-25)7-10-19(26)22-18-9-8-17(27-3)12-15(18)2/h8-9,12,16H,4-7,10-11,13-14H2,1-3H3,(H,22,26)/t16-/m1/s1. The van der Waals surface area contributed by atoms with Crippen molar-refractivity contribution in [2.75, 3.05) is 25.5 Å². The van der Waals surface area contributed by atoms with Crippen LogP contribution in [0.15, 0.2) is 22.6 Å². The summed E-state index contributed by atoms with van der Waals surface area (Å²) in [5.41, 5.74) is 1.85. The van der Waals surface area contributed by atoms with Crippen LogP contribution < -0.4 is 10.1 Å². The Morgan fingerprint density at radius 3 is 2.89 bits per heavy atom. The third-order valence-electron chi connectivity index (χ3n) is 5.26. The van der Waals surface area contributed by atoms with Gasteiger partial charge in [0.1, 0.15) is 5.75 Å². The molecule has 1 amide bonds. The molecule has 3 rings (SSSR count). The lowest BCUT2D eigenvalue weighted by molar-refractivity contribution is -0.116. The molecule has 7 heteroatoms. The van der Waals surface area contributed by atoms with Crippen LogP contribution in [0.3, 0.4) is 0 Å². The predicted molar refractivity (Wildman–Crippen MR) is 107 cm³/mol. The number of likely N-dealkylation sites (tertiary alicyclic amines) is 1. The number of methoxy groups -OCH3 is 1. The molecule has 0 radical (unpaired) electrons. The van der Waals surface area contributed by atoms with Gasteiger partial charge in [0.25, 0.3) is 0 Å². The first-order valence-corrected chi connectivity index (χ1v) is 10.1. The van der Waals surface area contributed by atoms with E-state index in [4.69, 9.17) is 9.15 Å². The maximum atomic E-state index is 12.4. The first-order chi connectivity index (χ1) is 13.6. The van der Waals surface area contributed by atoms with Gasteiger partial charge >= 0.3 is 0 Å². The van der Waals surface area contributed by atoms with Gasteiger partial charge in [0.05, 0.1) is 13.7 Å². The number of benzene rings is 1. The van der Waals surface area contributed by atoms with E-state index in [-0.39, 0.29) is 5.91 Å². The van der Waals surface area contributed by atoms with Gasteiger partial charge in [-0.25, -0.2) is 0 Å². The predicted octanol–water partition coefficient (Wildman–Crippen LogP) is 3.58. The number of rotatable bonds is 8. The van der Waals surface area contributed by atoms with Gasteiger partial charge in [-0.15, -0.1) is 10.2 Å². The van der Waals surface area contributed by atoms with Gasteiger partial charge in [-0.05, 0) is 62.4 Å². The number of hydrogen-bond acceptors (Lipinski definition) is 6. The summed E-state index contributed by atoms with van der Waals surface area (Å²) in [6.07, 6.45) is 4.48. The lowest BCUT2D eigenvalue weighted by Gasteiger charge is -2.31. The summed E-state index contributed by atoms with van der Waals surface area (Å²) in [4.78, 5) is 14.7. The first-order valence-electron chi connectivity index (χ1n) is 10.1. The zero-order valence-corrected chi connectivity index (χ0v) is 17.0. The fraction of sp³-hybridized carbons (Fsp3) is 0.571. The maximum absolute atomic E-state index is 12.4. The van der Waals surface area contributed by atoms with Crippen LogP contribution in [0.4, 0.5) is 5.69 Å². The Labute approximate surface area is 166 Å². The summed E-state index contributed by atoms with van der Waals surface area (Å²) >= 11 is 0. The highest BCUT2D eigenvalue weighted by Gasteiger charge is 2.22. The van der Waals surface area contributed by atoms with Gasteiger partial charge in [-0.2, -0.15) is 0 Å². The zero-order chi connectivity index (χ0) is 19.9. The van der Waals surface area contributed by atoms with Gasteiger partial charge < -0.3 is 14.5 Å². The van der Waals surface area contributed by atoms with Gasteiger partial charge in [0.15, 0.2) is 0 Å². The summed E-state index contributed by atoms with van der Waals surface area (Å²) in [6.45, 7) is 6.68. The number of hydrogen-bond donors (Lipinski definition) is 1. The Balaban J connectivity index is 1.45. The molecule has 28 heavy (non-hydrogen) atoms. The number of amides is 1. The smallest absolute Gasteiger partial charge is 0.230 e. The molecule has 0 saturated carbocycles. The second-order valence-corrected chi connectivity index (χ2v) is 7.45. The molecule has 1 aromatic heterocycles. The van der Waals surface area contributed by atoms with Crippen molar-refractivity contribution in [2.24, 2.45) is 5.92 Å². The highest BCUT2D eigenvalue weighted by molar-refractivity contribution is 5.91. The molecular formula is C21H30N4O3. The van der Waals surface area contributed by atoms with Crippen LogP contribution in [0.2, 0.25) is 0 Å². The van der Waals surface area contributed by atoms with Crippen LogP contribution >= 0.6 is 0 Å². The highest BCUT2D eigenvalue weighted by Crippen LogP contribution is 2.24. The number of piperidine rings is 1. The fourth-order valence-electron chi connectivity index (χ4n) is 3.67. The molecule has 0 unspecified atom stereocenters. The summed E-state index contributed by atoms with van der Waals surface area (Å²) in [7, 11) is 1.64. The van der Waals surface area contributed by atoms with E-state index in [1.807, 2.05) is 32.0 Å². The van der Waals surface area contributed by atoms with Crippen LogP contribution in [0.25, 0.3) is 0 Å². The molecule has 1 aromatic carbocycles. The zero-order valence-electron chi connectivity index (χ0n) is 17.0. The minimum Gasteiger partial charge on any atom is -0.497 e. The minimum atomic E-state index is 0.0647. The molecular weight excluding hydrogens is 356 g/mol. The van der Waals surface area contributed by atoms with E-state index in [2.05, 4.69) is 20.4 Å². The molecule has 1 aliphatic heterocycles. The van der Waals surface area contributed by atoms with Crippen LogP contribution in [0, 0.1) is 12.8 Å². The number of nitrogens with zero attached hydrogens (tertiary/aromatic N) is 3. The molecule has 0 spiro atoms. The molecule has 1 atom stereocenters. The van der Waals surface area contributed by atoms with Gasteiger partial charge in [-0.3, -0.25) is 9.69 Å². The Morgan fingerprint density at radius 2 is 2.18 bits per heavy atom. The van der Waals surface area contributed by atoms with Gasteiger partial charge in [0, 0.05) is 25.1 Å². The van der Waals surface area contributed by atoms with Crippen LogP contribution in [0.5, 0.6) is 5.75 Å². The largest absolute Gasteiger partial charge is 0.497 e. The quantitative estimate of drug-likeness (QED) is 0.747. The van der Waals surface area contributed by atoms with E-state index >= 15 is 0 Å². The molecule has 0 bridgehead atoms. The van der Waals surface area contributed by atoms with Crippen molar-refractivity contribution in [1.82, 2.24) is 15.1 Å². The topological polar surface area (TPSA) is 80.5 Å². The van der Waals surface area contributed by atoms with Crippen LogP contribution in [-0.4, -0.2) is 41.2 Å². The van der Waals surface area contributed by atoms with Gasteiger partial charge in [0.2, 0.25) is 17.7 Å². The molecule has 1 N–H and O–H groups in total. The van der Waals surface area contributed by atoms with Crippen LogP contribution in [-0.2, 0) is 17.8 Å². The van der Waals surface area contributed by atoms with Gasteiger partial charge in [-0.1, -0.05) is 6.92 Å².